The van der Waals surface area contributed by atoms with Gasteiger partial charge >= 0.3 is 6.09 Å². The molecule has 2 saturated heterocycles. The molecule has 1 aromatic carbocycles. The number of aliphatic imine (C=N–C) groups is 1. The summed E-state index contributed by atoms with van der Waals surface area (Å²) < 4.78 is 10.8. The van der Waals surface area contributed by atoms with Gasteiger partial charge in [-0.3, -0.25) is 4.79 Å². The number of hydrogen-bond acceptors (Lipinski definition) is 7. The first-order valence-electron chi connectivity index (χ1n) is 13.8. The van der Waals surface area contributed by atoms with Crippen LogP contribution in [0.15, 0.2) is 53.7 Å². The summed E-state index contributed by atoms with van der Waals surface area (Å²) in [5.41, 5.74) is 9.51. The first-order valence-corrected chi connectivity index (χ1v) is 13.8. The van der Waals surface area contributed by atoms with Crippen LogP contribution in [0.4, 0.5) is 16.3 Å². The van der Waals surface area contributed by atoms with E-state index in [-0.39, 0.29) is 30.1 Å². The lowest BCUT2D eigenvalue weighted by Crippen LogP contribution is -2.43. The first kappa shape index (κ1) is 27.6. The molecule has 11 heteroatoms. The molecule has 2 aromatic rings. The predicted molar refractivity (Wildman–Crippen MR) is 153 cm³/mol. The van der Waals surface area contributed by atoms with Crippen LogP contribution in [0.25, 0.3) is 5.57 Å². The number of hydrogen-bond donors (Lipinski definition) is 3. The number of rotatable bonds is 6. The zero-order valence-electron chi connectivity index (χ0n) is 22.8. The number of amides is 2. The molecule has 0 bridgehead atoms. The van der Waals surface area contributed by atoms with Crippen molar-refractivity contribution in [1.82, 2.24) is 20.1 Å². The third-order valence-electron chi connectivity index (χ3n) is 7.56. The molecular weight excluding hydrogens is 510 g/mol. The average Bonchev–Trinajstić information content (AvgIpc) is 3.51. The topological polar surface area (TPSA) is 134 Å². The molecule has 4 N–H and O–H groups in total. The maximum absolute atomic E-state index is 12.9. The average molecular weight is 548 g/mol. The molecule has 3 aliphatic heterocycles. The van der Waals surface area contributed by atoms with Crippen molar-refractivity contribution in [1.29, 1.82) is 0 Å². The molecule has 5 rings (SSSR count). The predicted octanol–water partition coefficient (Wildman–Crippen LogP) is 2.98. The second-order valence-corrected chi connectivity index (χ2v) is 10.3. The van der Waals surface area contributed by atoms with Crippen LogP contribution in [-0.4, -0.2) is 91.3 Å². The third-order valence-corrected chi connectivity index (χ3v) is 7.56. The van der Waals surface area contributed by atoms with Crippen LogP contribution in [-0.2, 0) is 9.47 Å². The molecule has 1 atom stereocenters. The molecule has 2 amide bonds. The Hall–Kier alpha value is -3.96. The lowest BCUT2D eigenvalue weighted by Gasteiger charge is -2.31. The van der Waals surface area contributed by atoms with E-state index >= 15 is 0 Å². The van der Waals surface area contributed by atoms with Crippen molar-refractivity contribution < 1.29 is 19.1 Å². The number of aromatic nitrogens is 1. The molecule has 3 aliphatic rings. The molecule has 0 aliphatic carbocycles. The lowest BCUT2D eigenvalue weighted by atomic mass is 10.0. The van der Waals surface area contributed by atoms with Crippen LogP contribution in [0.2, 0.25) is 0 Å². The number of nitrogens with two attached hydrogens (primary N) is 1. The zero-order chi connectivity index (χ0) is 27.9. The minimum atomic E-state index is -0.311. The third kappa shape index (κ3) is 6.78. The summed E-state index contributed by atoms with van der Waals surface area (Å²) in [6.45, 7) is 3.95. The first-order chi connectivity index (χ1) is 19.5. The van der Waals surface area contributed by atoms with E-state index in [1.807, 2.05) is 42.3 Å². The summed E-state index contributed by atoms with van der Waals surface area (Å²) in [4.78, 5) is 37.9. The molecule has 40 heavy (non-hydrogen) atoms. The van der Waals surface area contributed by atoms with Crippen LogP contribution in [0.5, 0.6) is 0 Å². The van der Waals surface area contributed by atoms with Crippen molar-refractivity contribution in [2.24, 2.45) is 10.7 Å². The molecule has 1 unspecified atom stereocenters. The molecule has 2 fully saturated rings. The standard InChI is InChI=1S/C29H37N7O4/c1-35(23-8-14-31-15-9-23)27(37)21-4-6-22(7-5-21)33-28(30)34-26-25(3-2-13-32-26)20-10-16-36(17-11-20)29(38)40-24-12-18-39-19-24/h2-7,10,13,23-24,31H,8-9,11-12,14-19H2,1H3,(H3,30,32,33,34). The summed E-state index contributed by atoms with van der Waals surface area (Å²) in [7, 11) is 1.87. The highest BCUT2D eigenvalue weighted by Gasteiger charge is 2.26. The molecular formula is C29H37N7O4. The van der Waals surface area contributed by atoms with Crippen LogP contribution in [0.1, 0.15) is 41.6 Å². The minimum absolute atomic E-state index is 0.0124. The number of carbonyl (C=O) groups is 2. The van der Waals surface area contributed by atoms with E-state index in [4.69, 9.17) is 15.2 Å². The maximum Gasteiger partial charge on any atom is 0.410 e. The maximum atomic E-state index is 12.9. The van der Waals surface area contributed by atoms with E-state index in [0.29, 0.717) is 44.1 Å². The summed E-state index contributed by atoms with van der Waals surface area (Å²) in [6, 6.07) is 11.3. The van der Waals surface area contributed by atoms with Gasteiger partial charge < -0.3 is 35.6 Å². The Labute approximate surface area is 234 Å². The number of nitrogens with zero attached hydrogens (tertiary/aromatic N) is 4. The van der Waals surface area contributed by atoms with Gasteiger partial charge in [0.05, 0.1) is 13.2 Å². The Morgan fingerprint density at radius 2 is 2.00 bits per heavy atom. The number of guanidine groups is 1. The van der Waals surface area contributed by atoms with Crippen molar-refractivity contribution in [2.45, 2.75) is 37.8 Å². The number of carbonyl (C=O) groups excluding carboxylic acids is 2. The largest absolute Gasteiger partial charge is 0.444 e. The van der Waals surface area contributed by atoms with Crippen molar-refractivity contribution in [3.63, 3.8) is 0 Å². The fourth-order valence-corrected chi connectivity index (χ4v) is 5.19. The van der Waals surface area contributed by atoms with Gasteiger partial charge in [-0.05, 0) is 74.3 Å². The second-order valence-electron chi connectivity index (χ2n) is 10.3. The number of ether oxygens (including phenoxy) is 2. The Kier molecular flexibility index (Phi) is 8.92. The lowest BCUT2D eigenvalue weighted by molar-refractivity contribution is 0.0569. The second kappa shape index (κ2) is 12.9. The van der Waals surface area contributed by atoms with Gasteiger partial charge in [0.25, 0.3) is 5.91 Å². The van der Waals surface area contributed by atoms with E-state index in [1.54, 1.807) is 23.2 Å². The monoisotopic (exact) mass is 547 g/mol. The summed E-state index contributed by atoms with van der Waals surface area (Å²) in [6.07, 6.45) is 6.52. The van der Waals surface area contributed by atoms with Gasteiger partial charge in [-0.1, -0.05) is 6.08 Å². The molecule has 0 spiro atoms. The summed E-state index contributed by atoms with van der Waals surface area (Å²) >= 11 is 0. The fourth-order valence-electron chi connectivity index (χ4n) is 5.19. The Morgan fingerprint density at radius 3 is 2.70 bits per heavy atom. The van der Waals surface area contributed by atoms with Gasteiger partial charge in [0, 0.05) is 55.6 Å². The quantitative estimate of drug-likeness (QED) is 0.371. The molecule has 212 valence electrons. The van der Waals surface area contributed by atoms with E-state index in [2.05, 4.69) is 20.6 Å². The van der Waals surface area contributed by atoms with Gasteiger partial charge in [-0.2, -0.15) is 4.99 Å². The van der Waals surface area contributed by atoms with Crippen molar-refractivity contribution in [2.75, 3.05) is 51.8 Å². The molecule has 4 heterocycles. The number of nitrogens with one attached hydrogen (secondary N) is 2. The highest BCUT2D eigenvalue weighted by Crippen LogP contribution is 2.29. The van der Waals surface area contributed by atoms with E-state index < -0.39 is 0 Å². The van der Waals surface area contributed by atoms with E-state index in [0.717, 1.165) is 49.2 Å². The van der Waals surface area contributed by atoms with Gasteiger partial charge in [-0.25, -0.2) is 9.78 Å². The van der Waals surface area contributed by atoms with Crippen LogP contribution in [0, 0.1) is 0 Å². The highest BCUT2D eigenvalue weighted by atomic mass is 16.6. The Morgan fingerprint density at radius 1 is 1.20 bits per heavy atom. The van der Waals surface area contributed by atoms with Gasteiger partial charge in [0.15, 0.2) is 11.8 Å². The van der Waals surface area contributed by atoms with Crippen molar-refractivity contribution in [3.8, 4) is 0 Å². The van der Waals surface area contributed by atoms with Crippen LogP contribution in [0.3, 0.4) is 0 Å². The molecule has 11 nitrogen and oxygen atoms in total. The number of anilines is 1. The summed E-state index contributed by atoms with van der Waals surface area (Å²) in [5.74, 6) is 0.692. The van der Waals surface area contributed by atoms with Crippen LogP contribution >= 0.6 is 0 Å². The molecule has 0 radical (unpaired) electrons. The smallest absolute Gasteiger partial charge is 0.410 e. The van der Waals surface area contributed by atoms with E-state index in [1.165, 1.54) is 0 Å². The Balaban J connectivity index is 1.20. The van der Waals surface area contributed by atoms with Gasteiger partial charge in [-0.15, -0.1) is 0 Å². The van der Waals surface area contributed by atoms with Gasteiger partial charge in [0.2, 0.25) is 0 Å². The van der Waals surface area contributed by atoms with Gasteiger partial charge in [0.1, 0.15) is 6.10 Å². The van der Waals surface area contributed by atoms with Crippen molar-refractivity contribution in [3.05, 3.63) is 59.8 Å². The fraction of sp³-hybridized carbons (Fsp3) is 0.448. The normalized spacial score (nSPS) is 20.1. The highest BCUT2D eigenvalue weighted by molar-refractivity contribution is 5.97. The zero-order valence-corrected chi connectivity index (χ0v) is 22.8. The number of pyridine rings is 1. The Bertz CT molecular complexity index is 1250. The number of benzene rings is 1. The minimum Gasteiger partial charge on any atom is -0.444 e. The molecule has 1 aromatic heterocycles. The van der Waals surface area contributed by atoms with Crippen LogP contribution < -0.4 is 16.4 Å². The van der Waals surface area contributed by atoms with Crippen molar-refractivity contribution >= 4 is 35.0 Å². The number of piperidine rings is 1. The molecule has 0 saturated carbocycles. The summed E-state index contributed by atoms with van der Waals surface area (Å²) in [5, 5.41) is 6.42. The SMILES string of the molecule is CN(C(=O)c1ccc(NC(N)=Nc2ncccc2C2=CCN(C(=O)OC3CCOC3)CC2)cc1)C1CCNCC1. The van der Waals surface area contributed by atoms with E-state index in [9.17, 15) is 9.59 Å².